The second-order valence-electron chi connectivity index (χ2n) is 8.88. The molecule has 0 aliphatic carbocycles. The van der Waals surface area contributed by atoms with Crippen LogP contribution in [0.1, 0.15) is 33.9 Å². The highest BCUT2D eigenvalue weighted by atomic mass is 32.1. The molecular weight excluding hydrogens is 525 g/mol. The maximum atomic E-state index is 13.6. The smallest absolute Gasteiger partial charge is 0.421 e. The number of ether oxygens (including phenoxy) is 2. The fourth-order valence-corrected chi connectivity index (χ4v) is 5.01. The normalized spacial score (nSPS) is 26.2. The molecule has 2 unspecified atom stereocenters. The van der Waals surface area contributed by atoms with Crippen LogP contribution in [0.4, 0.5) is 0 Å². The Hall–Kier alpha value is -2.67. The first-order valence-electron chi connectivity index (χ1n) is 11.4. The number of hydrogen-bond acceptors (Lipinski definition) is 11. The molecule has 3 N–H and O–H groups in total. The Morgan fingerprint density at radius 3 is 2.62 bits per heavy atom. The minimum atomic E-state index is -4.14. The zero-order chi connectivity index (χ0) is 27.4. The Morgan fingerprint density at radius 1 is 1.32 bits per heavy atom. The summed E-state index contributed by atoms with van der Waals surface area (Å²) in [5.74, 6) is 0.497. The minimum Gasteiger partial charge on any atom is -0.461 e. The number of carbonyl (C=O) groups is 1. The Labute approximate surface area is 218 Å². The van der Waals surface area contributed by atoms with Crippen molar-refractivity contribution in [3.05, 3.63) is 57.7 Å². The second kappa shape index (κ2) is 11.8. The summed E-state index contributed by atoms with van der Waals surface area (Å²) in [6.45, 7) is 5.70. The first-order chi connectivity index (χ1) is 17.3. The van der Waals surface area contributed by atoms with Crippen LogP contribution in [-0.2, 0) is 23.4 Å². The van der Waals surface area contributed by atoms with E-state index in [1.54, 1.807) is 44.2 Å². The zero-order valence-electron chi connectivity index (χ0n) is 20.7. The lowest BCUT2D eigenvalue weighted by molar-refractivity contribution is -0.148. The largest absolute Gasteiger partial charge is 0.461 e. The first kappa shape index (κ1) is 28.9. The van der Waals surface area contributed by atoms with Gasteiger partial charge in [-0.15, -0.1) is 0 Å². The third-order valence-electron chi connectivity index (χ3n) is 5.38. The van der Waals surface area contributed by atoms with Gasteiger partial charge in [0.05, 0.1) is 12.7 Å². The standard InChI is InChI=1S/C23H30N3O9PS/c1-14(2)33-20(29)15(3)24-13-36(31,35-16-8-6-5-7-9-16)32-12-17-19(28)23(4,30)21(34-17)26-11-10-18(27)25-22(26)37/h5-11,13-15,17,19,21,28,30H,12H2,1-4H3,(H,25,27,37)/b24-13+/t15-,17+,19-,21+,23?,36?/m0/s1. The molecule has 1 aliphatic rings. The third kappa shape index (κ3) is 7.22. The molecule has 0 spiro atoms. The molecule has 202 valence electrons. The van der Waals surface area contributed by atoms with E-state index in [1.807, 2.05) is 0 Å². The van der Waals surface area contributed by atoms with Gasteiger partial charge in [-0.05, 0) is 52.0 Å². The summed E-state index contributed by atoms with van der Waals surface area (Å²) in [6, 6.07) is 8.38. The molecule has 12 nitrogen and oxygen atoms in total. The number of nitrogens with zero attached hydrogens (tertiary/aromatic N) is 2. The van der Waals surface area contributed by atoms with Crippen LogP contribution in [0, 0.1) is 4.77 Å². The molecule has 0 amide bonds. The highest BCUT2D eigenvalue weighted by molar-refractivity contribution is 7.71. The van der Waals surface area contributed by atoms with Gasteiger partial charge in [-0.2, -0.15) is 0 Å². The van der Waals surface area contributed by atoms with Crippen molar-refractivity contribution in [3.63, 3.8) is 0 Å². The lowest BCUT2D eigenvalue weighted by Crippen LogP contribution is -2.44. The number of aromatic amines is 1. The molecule has 2 heterocycles. The maximum Gasteiger partial charge on any atom is 0.421 e. The number of nitrogens with one attached hydrogen (secondary N) is 1. The molecule has 1 fully saturated rings. The van der Waals surface area contributed by atoms with Crippen LogP contribution in [0.5, 0.6) is 5.75 Å². The summed E-state index contributed by atoms with van der Waals surface area (Å²) in [5.41, 5.74) is -2.29. The lowest BCUT2D eigenvalue weighted by atomic mass is 9.96. The van der Waals surface area contributed by atoms with E-state index in [-0.39, 0.29) is 16.6 Å². The van der Waals surface area contributed by atoms with Gasteiger partial charge in [0.2, 0.25) is 0 Å². The Bertz CT molecular complexity index is 1280. The summed E-state index contributed by atoms with van der Waals surface area (Å²) in [7, 11) is -4.14. The van der Waals surface area contributed by atoms with Gasteiger partial charge in [-0.1, -0.05) is 18.2 Å². The molecule has 1 saturated heterocycles. The highest BCUT2D eigenvalue weighted by Crippen LogP contribution is 2.47. The van der Waals surface area contributed by atoms with Crippen molar-refractivity contribution in [2.24, 2.45) is 4.99 Å². The summed E-state index contributed by atoms with van der Waals surface area (Å²) < 4.78 is 36.9. The summed E-state index contributed by atoms with van der Waals surface area (Å²) in [6.07, 6.45) is -2.88. The Balaban J connectivity index is 1.81. The van der Waals surface area contributed by atoms with E-state index in [0.717, 1.165) is 5.96 Å². The molecule has 1 aliphatic heterocycles. The number of carbonyl (C=O) groups excluding carboxylic acids is 1. The predicted molar refractivity (Wildman–Crippen MR) is 136 cm³/mol. The van der Waals surface area contributed by atoms with Crippen molar-refractivity contribution in [3.8, 4) is 5.75 Å². The van der Waals surface area contributed by atoms with E-state index in [4.69, 9.17) is 30.7 Å². The molecule has 0 radical (unpaired) electrons. The number of aliphatic hydroxyl groups excluding tert-OH is 1. The van der Waals surface area contributed by atoms with Crippen LogP contribution < -0.4 is 10.1 Å². The molecule has 0 saturated carbocycles. The van der Waals surface area contributed by atoms with E-state index in [9.17, 15) is 24.4 Å². The van der Waals surface area contributed by atoms with Crippen molar-refractivity contribution in [2.75, 3.05) is 6.61 Å². The molecule has 6 atom stereocenters. The van der Waals surface area contributed by atoms with Crippen LogP contribution in [-0.4, -0.2) is 68.3 Å². The fraction of sp³-hybridized carbons (Fsp3) is 0.478. The summed E-state index contributed by atoms with van der Waals surface area (Å²) >= 11 is 5.14. The minimum absolute atomic E-state index is 0.0287. The summed E-state index contributed by atoms with van der Waals surface area (Å²) in [4.78, 5) is 30.0. The molecule has 2 aromatic rings. The summed E-state index contributed by atoms with van der Waals surface area (Å²) in [5, 5.41) is 21.7. The number of para-hydroxylation sites is 1. The molecule has 37 heavy (non-hydrogen) atoms. The van der Waals surface area contributed by atoms with E-state index in [0.29, 0.717) is 0 Å². The average Bonchev–Trinajstić information content (AvgIpc) is 3.05. The Kier molecular flexibility index (Phi) is 9.22. The van der Waals surface area contributed by atoms with Crippen LogP contribution >= 0.6 is 19.8 Å². The highest BCUT2D eigenvalue weighted by Gasteiger charge is 2.53. The van der Waals surface area contributed by atoms with Gasteiger partial charge in [0.15, 0.2) is 11.0 Å². The number of aromatic nitrogens is 2. The van der Waals surface area contributed by atoms with Gasteiger partial charge < -0.3 is 24.2 Å². The quantitative estimate of drug-likeness (QED) is 0.172. The third-order valence-corrected chi connectivity index (χ3v) is 7.08. The van der Waals surface area contributed by atoms with Crippen LogP contribution in [0.25, 0.3) is 0 Å². The number of aliphatic hydroxyl groups is 2. The number of H-pyrrole nitrogens is 1. The van der Waals surface area contributed by atoms with Crippen molar-refractivity contribution < 1.29 is 38.1 Å². The first-order valence-corrected chi connectivity index (χ1v) is 13.5. The molecule has 1 aromatic carbocycles. The number of aliphatic imine (C=N–C) groups is 1. The van der Waals surface area contributed by atoms with Gasteiger partial charge in [-0.25, -0.2) is 9.36 Å². The SMILES string of the molecule is CC(C)OC(=O)[C@H](C)/N=C/P(=O)(OC[C@H]1O[C@@H](n2ccc(=O)[nH]c2=S)C(C)(O)[C@H]1O)Oc1ccccc1. The topological polar surface area (TPSA) is 162 Å². The van der Waals surface area contributed by atoms with Gasteiger partial charge in [0.1, 0.15) is 35.6 Å². The molecule has 14 heteroatoms. The zero-order valence-corrected chi connectivity index (χ0v) is 22.4. The lowest BCUT2D eigenvalue weighted by Gasteiger charge is -2.28. The molecule has 0 bridgehead atoms. The van der Waals surface area contributed by atoms with E-state index in [2.05, 4.69) is 9.98 Å². The number of esters is 1. The molecular formula is C23H30N3O9PS. The van der Waals surface area contributed by atoms with Crippen molar-refractivity contribution in [1.29, 1.82) is 0 Å². The van der Waals surface area contributed by atoms with E-state index >= 15 is 0 Å². The second-order valence-corrected chi connectivity index (χ2v) is 11.0. The van der Waals surface area contributed by atoms with Crippen LogP contribution in [0.2, 0.25) is 0 Å². The van der Waals surface area contributed by atoms with E-state index in [1.165, 1.54) is 30.7 Å². The number of hydrogen-bond donors (Lipinski definition) is 3. The monoisotopic (exact) mass is 555 g/mol. The number of rotatable bonds is 10. The van der Waals surface area contributed by atoms with Gasteiger partial charge in [0.25, 0.3) is 5.56 Å². The maximum absolute atomic E-state index is 13.6. The van der Waals surface area contributed by atoms with Crippen molar-refractivity contribution in [1.82, 2.24) is 9.55 Å². The van der Waals surface area contributed by atoms with Crippen LogP contribution in [0.3, 0.4) is 0 Å². The van der Waals surface area contributed by atoms with Crippen molar-refractivity contribution in [2.45, 2.75) is 63.9 Å². The van der Waals surface area contributed by atoms with Crippen molar-refractivity contribution >= 4 is 31.7 Å². The molecule has 3 rings (SSSR count). The average molecular weight is 556 g/mol. The van der Waals surface area contributed by atoms with Gasteiger partial charge in [0, 0.05) is 12.3 Å². The predicted octanol–water partition coefficient (Wildman–Crippen LogP) is 2.57. The van der Waals surface area contributed by atoms with Gasteiger partial charge >= 0.3 is 13.6 Å². The van der Waals surface area contributed by atoms with E-state index < -0.39 is 55.8 Å². The molecule has 1 aromatic heterocycles. The Morgan fingerprint density at radius 2 is 2.00 bits per heavy atom. The number of benzene rings is 1. The van der Waals surface area contributed by atoms with Crippen LogP contribution in [0.15, 0.2) is 52.4 Å². The fourth-order valence-electron chi connectivity index (χ4n) is 3.45. The van der Waals surface area contributed by atoms with Gasteiger partial charge in [-0.3, -0.25) is 23.9 Å².